The Kier molecular flexibility index (Phi) is 4.46. The fourth-order valence-corrected chi connectivity index (χ4v) is 0.361. The zero-order valence-electron chi connectivity index (χ0n) is 5.27. The molecule has 50 valence electrons. The van der Waals surface area contributed by atoms with E-state index in [4.69, 9.17) is 5.26 Å². The van der Waals surface area contributed by atoms with Crippen LogP contribution in [-0.2, 0) is 4.79 Å². The van der Waals surface area contributed by atoms with Crippen LogP contribution in [0.1, 0.15) is 0 Å². The molecule has 0 saturated heterocycles. The maximum Gasteiger partial charge on any atom is 0.234 e. The molecular weight excluding hydrogens is 118 g/mol. The van der Waals surface area contributed by atoms with E-state index in [-0.39, 0.29) is 19.0 Å². The van der Waals surface area contributed by atoms with Gasteiger partial charge in [0.15, 0.2) is 0 Å². The molecule has 0 aromatic carbocycles. The molecule has 0 fully saturated rings. The molecule has 4 heteroatoms. The SMILES string of the molecule is CNCC(=O)NCC#N. The molecule has 0 aliphatic rings. The van der Waals surface area contributed by atoms with Gasteiger partial charge in [-0.3, -0.25) is 4.79 Å². The minimum Gasteiger partial charge on any atom is -0.342 e. The minimum absolute atomic E-state index is 0.0838. The highest BCUT2D eigenvalue weighted by Gasteiger charge is 1.93. The van der Waals surface area contributed by atoms with Gasteiger partial charge in [0, 0.05) is 0 Å². The van der Waals surface area contributed by atoms with E-state index in [0.717, 1.165) is 0 Å². The van der Waals surface area contributed by atoms with Gasteiger partial charge in [-0.25, -0.2) is 0 Å². The van der Waals surface area contributed by atoms with Crippen molar-refractivity contribution in [3.8, 4) is 6.07 Å². The van der Waals surface area contributed by atoms with Crippen molar-refractivity contribution in [2.75, 3.05) is 20.1 Å². The second-order valence-corrected chi connectivity index (χ2v) is 1.47. The van der Waals surface area contributed by atoms with Gasteiger partial charge < -0.3 is 10.6 Å². The molecule has 2 N–H and O–H groups in total. The Morgan fingerprint density at radius 3 is 2.89 bits per heavy atom. The zero-order chi connectivity index (χ0) is 7.11. The third kappa shape index (κ3) is 4.78. The monoisotopic (exact) mass is 127 g/mol. The molecule has 0 spiro atoms. The molecular formula is C5H9N3O. The predicted molar refractivity (Wildman–Crippen MR) is 32.5 cm³/mol. The van der Waals surface area contributed by atoms with Gasteiger partial charge >= 0.3 is 0 Å². The first-order valence-corrected chi connectivity index (χ1v) is 2.59. The van der Waals surface area contributed by atoms with Crippen molar-refractivity contribution in [1.82, 2.24) is 10.6 Å². The number of likely N-dealkylation sites (N-methyl/N-ethyl adjacent to an activating group) is 1. The maximum atomic E-state index is 10.5. The molecule has 4 nitrogen and oxygen atoms in total. The average molecular weight is 127 g/mol. The van der Waals surface area contributed by atoms with E-state index < -0.39 is 0 Å². The van der Waals surface area contributed by atoms with Gasteiger partial charge in [0.05, 0.1) is 12.6 Å². The van der Waals surface area contributed by atoms with Crippen LogP contribution in [0.15, 0.2) is 0 Å². The first kappa shape index (κ1) is 7.92. The van der Waals surface area contributed by atoms with E-state index in [1.54, 1.807) is 13.1 Å². The summed E-state index contributed by atoms with van der Waals surface area (Å²) in [4.78, 5) is 10.5. The molecule has 0 aliphatic carbocycles. The third-order valence-electron chi connectivity index (χ3n) is 0.702. The molecule has 0 aromatic rings. The van der Waals surface area contributed by atoms with Crippen molar-refractivity contribution in [2.45, 2.75) is 0 Å². The summed E-state index contributed by atoms with van der Waals surface area (Å²) in [5.41, 5.74) is 0. The number of nitrogens with zero attached hydrogens (tertiary/aromatic N) is 1. The summed E-state index contributed by atoms with van der Waals surface area (Å²) >= 11 is 0. The van der Waals surface area contributed by atoms with Crippen LogP contribution in [0.25, 0.3) is 0 Å². The van der Waals surface area contributed by atoms with Crippen LogP contribution < -0.4 is 10.6 Å². The Hall–Kier alpha value is -1.08. The van der Waals surface area contributed by atoms with Gasteiger partial charge in [0.1, 0.15) is 6.54 Å². The Morgan fingerprint density at radius 1 is 1.78 bits per heavy atom. The maximum absolute atomic E-state index is 10.5. The van der Waals surface area contributed by atoms with E-state index >= 15 is 0 Å². The largest absolute Gasteiger partial charge is 0.342 e. The van der Waals surface area contributed by atoms with Crippen molar-refractivity contribution < 1.29 is 4.79 Å². The normalized spacial score (nSPS) is 8.00. The number of carbonyl (C=O) groups is 1. The molecule has 0 aliphatic heterocycles. The van der Waals surface area contributed by atoms with Gasteiger partial charge in [0.2, 0.25) is 5.91 Å². The van der Waals surface area contributed by atoms with Crippen LogP contribution >= 0.6 is 0 Å². The van der Waals surface area contributed by atoms with Crippen LogP contribution in [0.3, 0.4) is 0 Å². The fraction of sp³-hybridized carbons (Fsp3) is 0.600. The average Bonchev–Trinajstić information content (AvgIpc) is 1.85. The summed E-state index contributed by atoms with van der Waals surface area (Å²) < 4.78 is 0. The molecule has 1 amide bonds. The van der Waals surface area contributed by atoms with Gasteiger partial charge in [-0.2, -0.15) is 5.26 Å². The second-order valence-electron chi connectivity index (χ2n) is 1.47. The third-order valence-corrected chi connectivity index (χ3v) is 0.702. The standard InChI is InChI=1S/C5H9N3O/c1-7-4-5(9)8-3-2-6/h7H,3-4H2,1H3,(H,8,9). The number of carbonyl (C=O) groups excluding carboxylic acids is 1. The van der Waals surface area contributed by atoms with Gasteiger partial charge in [-0.05, 0) is 7.05 Å². The number of hydrogen-bond acceptors (Lipinski definition) is 3. The first-order chi connectivity index (χ1) is 4.31. The van der Waals surface area contributed by atoms with Crippen molar-refractivity contribution in [3.63, 3.8) is 0 Å². The highest BCUT2D eigenvalue weighted by Crippen LogP contribution is 1.59. The fourth-order valence-electron chi connectivity index (χ4n) is 0.361. The number of rotatable bonds is 3. The molecule has 0 atom stereocenters. The lowest BCUT2D eigenvalue weighted by molar-refractivity contribution is -0.119. The summed E-state index contributed by atoms with van der Waals surface area (Å²) in [5.74, 6) is -0.154. The van der Waals surface area contributed by atoms with Crippen LogP contribution in [0, 0.1) is 11.3 Å². The van der Waals surface area contributed by atoms with Gasteiger partial charge in [-0.15, -0.1) is 0 Å². The van der Waals surface area contributed by atoms with E-state index in [1.807, 2.05) is 0 Å². The summed E-state index contributed by atoms with van der Waals surface area (Å²) in [5, 5.41) is 13.0. The highest BCUT2D eigenvalue weighted by atomic mass is 16.1. The van der Waals surface area contributed by atoms with Crippen LogP contribution in [-0.4, -0.2) is 26.0 Å². The van der Waals surface area contributed by atoms with Crippen LogP contribution in [0.4, 0.5) is 0 Å². The van der Waals surface area contributed by atoms with Crippen molar-refractivity contribution in [3.05, 3.63) is 0 Å². The smallest absolute Gasteiger partial charge is 0.234 e. The van der Waals surface area contributed by atoms with Crippen molar-refractivity contribution in [1.29, 1.82) is 5.26 Å². The van der Waals surface area contributed by atoms with E-state index in [9.17, 15) is 4.79 Å². The summed E-state index contributed by atoms with van der Waals surface area (Å²) in [6.07, 6.45) is 0. The molecule has 0 rings (SSSR count). The Balaban J connectivity index is 3.19. The molecule has 0 radical (unpaired) electrons. The zero-order valence-corrected chi connectivity index (χ0v) is 5.27. The number of nitrogens with one attached hydrogen (secondary N) is 2. The first-order valence-electron chi connectivity index (χ1n) is 2.59. The quantitative estimate of drug-likeness (QED) is 0.470. The summed E-state index contributed by atoms with van der Waals surface area (Å²) in [6.45, 7) is 0.349. The Labute approximate surface area is 53.9 Å². The highest BCUT2D eigenvalue weighted by molar-refractivity contribution is 5.78. The Morgan fingerprint density at radius 2 is 2.44 bits per heavy atom. The van der Waals surface area contributed by atoms with E-state index in [1.165, 1.54) is 0 Å². The summed E-state index contributed by atoms with van der Waals surface area (Å²) in [6, 6.07) is 1.80. The molecule has 0 saturated carbocycles. The van der Waals surface area contributed by atoms with Crippen LogP contribution in [0.5, 0.6) is 0 Å². The number of hydrogen-bond donors (Lipinski definition) is 2. The molecule has 0 heterocycles. The lowest BCUT2D eigenvalue weighted by Crippen LogP contribution is -2.32. The van der Waals surface area contributed by atoms with Crippen LogP contribution in [0.2, 0.25) is 0 Å². The topological polar surface area (TPSA) is 64.9 Å². The lowest BCUT2D eigenvalue weighted by atomic mass is 10.5. The molecule has 9 heavy (non-hydrogen) atoms. The molecule has 0 aromatic heterocycles. The van der Waals surface area contributed by atoms with Gasteiger partial charge in [0.25, 0.3) is 0 Å². The van der Waals surface area contributed by atoms with Crippen molar-refractivity contribution in [2.24, 2.45) is 0 Å². The minimum atomic E-state index is -0.154. The van der Waals surface area contributed by atoms with E-state index in [0.29, 0.717) is 0 Å². The lowest BCUT2D eigenvalue weighted by Gasteiger charge is -1.96. The van der Waals surface area contributed by atoms with Gasteiger partial charge in [-0.1, -0.05) is 0 Å². The second kappa shape index (κ2) is 5.06. The number of amides is 1. The molecule has 0 unspecified atom stereocenters. The predicted octanol–water partition coefficient (Wildman–Crippen LogP) is -1.15. The van der Waals surface area contributed by atoms with E-state index in [2.05, 4.69) is 10.6 Å². The Bertz CT molecular complexity index is 127. The molecule has 0 bridgehead atoms. The summed E-state index contributed by atoms with van der Waals surface area (Å²) in [7, 11) is 1.67. The number of nitriles is 1. The van der Waals surface area contributed by atoms with Crippen molar-refractivity contribution >= 4 is 5.91 Å².